The monoisotopic (exact) mass is 487 g/mol. The zero-order valence-corrected chi connectivity index (χ0v) is 19.7. The van der Waals surface area contributed by atoms with E-state index in [1.165, 1.54) is 11.0 Å². The number of aliphatic hydroxyl groups excluding tert-OH is 2. The molecule has 3 aliphatic rings. The Kier molecular flexibility index (Phi) is 6.14. The topological polar surface area (TPSA) is 122 Å². The summed E-state index contributed by atoms with van der Waals surface area (Å²) in [6, 6.07) is 2.85. The van der Waals surface area contributed by atoms with Gasteiger partial charge < -0.3 is 29.6 Å². The number of anilines is 3. The molecule has 1 fully saturated rings. The van der Waals surface area contributed by atoms with E-state index in [1.807, 2.05) is 16.8 Å². The van der Waals surface area contributed by atoms with Crippen molar-refractivity contribution in [2.45, 2.75) is 31.1 Å². The minimum atomic E-state index is -1.06. The van der Waals surface area contributed by atoms with Crippen molar-refractivity contribution in [3.8, 4) is 5.75 Å². The largest absolute Gasteiger partial charge is 0.491 e. The summed E-state index contributed by atoms with van der Waals surface area (Å²) < 4.78 is 20.8. The van der Waals surface area contributed by atoms with Crippen LogP contribution in [0, 0.1) is 5.82 Å². The third-order valence-electron chi connectivity index (χ3n) is 7.33. The Morgan fingerprint density at radius 3 is 2.66 bits per heavy atom. The molecule has 11 heteroatoms. The standard InChI is InChI=1S/C24H30FN5O5/c1-28-6-2-3-16-20(28)26-23(27-21(16)33)29-7-4-24(5-8-29)19-17(25)13-15(35-12-11-32)14-18(19)30(9-10-31)22(24)34/h13-14,31-32H,2-12H2,1H3,(H,26,27,33). The second-order valence-corrected chi connectivity index (χ2v) is 9.34. The molecular formula is C24H30FN5O5. The van der Waals surface area contributed by atoms with Gasteiger partial charge in [-0.15, -0.1) is 0 Å². The summed E-state index contributed by atoms with van der Waals surface area (Å²) in [5.41, 5.74) is 0.198. The van der Waals surface area contributed by atoms with Crippen molar-refractivity contribution in [1.82, 2.24) is 9.97 Å². The van der Waals surface area contributed by atoms with E-state index in [4.69, 9.17) is 14.8 Å². The fraction of sp³-hybridized carbons (Fsp3) is 0.542. The van der Waals surface area contributed by atoms with Crippen molar-refractivity contribution in [2.24, 2.45) is 0 Å². The second-order valence-electron chi connectivity index (χ2n) is 9.34. The van der Waals surface area contributed by atoms with E-state index >= 15 is 4.39 Å². The van der Waals surface area contributed by atoms with Crippen LogP contribution in [0.1, 0.15) is 30.4 Å². The van der Waals surface area contributed by atoms with Crippen molar-refractivity contribution >= 4 is 23.4 Å². The molecule has 0 saturated carbocycles. The lowest BCUT2D eigenvalue weighted by atomic mass is 9.73. The van der Waals surface area contributed by atoms with Gasteiger partial charge in [0.25, 0.3) is 5.56 Å². The van der Waals surface area contributed by atoms with Crippen LogP contribution in [-0.2, 0) is 16.6 Å². The molecule has 2 aromatic rings. The molecule has 4 heterocycles. The number of piperidine rings is 1. The van der Waals surface area contributed by atoms with Crippen LogP contribution in [0.2, 0.25) is 0 Å². The van der Waals surface area contributed by atoms with Crippen LogP contribution in [0.15, 0.2) is 16.9 Å². The second kappa shape index (κ2) is 9.12. The van der Waals surface area contributed by atoms with Crippen molar-refractivity contribution < 1.29 is 24.1 Å². The van der Waals surface area contributed by atoms with Gasteiger partial charge in [0.05, 0.1) is 29.9 Å². The molecule has 0 radical (unpaired) electrons. The Hall–Kier alpha value is -3.18. The number of hydrogen-bond donors (Lipinski definition) is 3. The summed E-state index contributed by atoms with van der Waals surface area (Å²) >= 11 is 0. The molecule has 1 saturated heterocycles. The first kappa shape index (κ1) is 23.6. The lowest BCUT2D eigenvalue weighted by molar-refractivity contribution is -0.124. The third kappa shape index (κ3) is 3.82. The number of fused-ring (bicyclic) bond motifs is 3. The van der Waals surface area contributed by atoms with Crippen molar-refractivity contribution in [2.75, 3.05) is 67.7 Å². The number of rotatable bonds is 6. The maximum absolute atomic E-state index is 15.4. The highest BCUT2D eigenvalue weighted by atomic mass is 19.1. The number of H-pyrrole nitrogens is 1. The van der Waals surface area contributed by atoms with Crippen LogP contribution in [-0.4, -0.2) is 79.1 Å². The van der Waals surface area contributed by atoms with E-state index in [9.17, 15) is 14.7 Å². The average Bonchev–Trinajstić information content (AvgIpc) is 3.07. The number of halogens is 1. The number of amides is 1. The zero-order chi connectivity index (χ0) is 24.7. The van der Waals surface area contributed by atoms with E-state index in [2.05, 4.69) is 4.98 Å². The fourth-order valence-electron chi connectivity index (χ4n) is 5.63. The van der Waals surface area contributed by atoms with Crippen molar-refractivity contribution in [3.63, 3.8) is 0 Å². The molecular weight excluding hydrogens is 457 g/mol. The third-order valence-corrected chi connectivity index (χ3v) is 7.33. The molecule has 188 valence electrons. The maximum atomic E-state index is 15.4. The molecule has 0 unspecified atom stereocenters. The zero-order valence-electron chi connectivity index (χ0n) is 19.7. The van der Waals surface area contributed by atoms with Gasteiger partial charge in [-0.3, -0.25) is 14.6 Å². The quantitative estimate of drug-likeness (QED) is 0.540. The average molecular weight is 488 g/mol. The number of hydrogen-bond acceptors (Lipinski definition) is 8. The number of ether oxygens (including phenoxy) is 1. The number of benzene rings is 1. The van der Waals surface area contributed by atoms with Gasteiger partial charge in [-0.1, -0.05) is 0 Å². The van der Waals surface area contributed by atoms with E-state index in [1.54, 1.807) is 6.07 Å². The number of carbonyl (C=O) groups is 1. The number of nitrogens with zero attached hydrogens (tertiary/aromatic N) is 4. The first-order valence-electron chi connectivity index (χ1n) is 12.0. The highest BCUT2D eigenvalue weighted by Crippen LogP contribution is 2.50. The van der Waals surface area contributed by atoms with E-state index < -0.39 is 11.2 Å². The molecule has 5 rings (SSSR count). The molecule has 1 spiro atoms. The molecule has 3 aliphatic heterocycles. The van der Waals surface area contributed by atoms with Crippen molar-refractivity contribution in [3.05, 3.63) is 39.4 Å². The number of carbonyl (C=O) groups excluding carboxylic acids is 1. The van der Waals surface area contributed by atoms with Crippen LogP contribution >= 0.6 is 0 Å². The summed E-state index contributed by atoms with van der Waals surface area (Å²) in [6.07, 6.45) is 2.28. The number of nitrogens with one attached hydrogen (secondary N) is 1. The Morgan fingerprint density at radius 2 is 1.94 bits per heavy atom. The Bertz CT molecular complexity index is 1190. The summed E-state index contributed by atoms with van der Waals surface area (Å²) in [6.45, 7) is 1.23. The van der Waals surface area contributed by atoms with Crippen LogP contribution in [0.25, 0.3) is 0 Å². The van der Waals surface area contributed by atoms with Crippen molar-refractivity contribution in [1.29, 1.82) is 0 Å². The van der Waals surface area contributed by atoms with E-state index in [0.29, 0.717) is 60.9 Å². The number of aliphatic hydroxyl groups is 2. The van der Waals surface area contributed by atoms with Gasteiger partial charge in [0.2, 0.25) is 11.9 Å². The summed E-state index contributed by atoms with van der Waals surface area (Å²) in [7, 11) is 1.92. The molecule has 35 heavy (non-hydrogen) atoms. The summed E-state index contributed by atoms with van der Waals surface area (Å²) in [5, 5.41) is 18.6. The summed E-state index contributed by atoms with van der Waals surface area (Å²) in [4.78, 5) is 39.3. The van der Waals surface area contributed by atoms with Gasteiger partial charge in [-0.05, 0) is 25.7 Å². The lowest BCUT2D eigenvalue weighted by Gasteiger charge is -2.39. The molecule has 0 bridgehead atoms. The van der Waals surface area contributed by atoms with E-state index in [-0.39, 0.29) is 43.6 Å². The first-order chi connectivity index (χ1) is 16.9. The van der Waals surface area contributed by atoms with Crippen LogP contribution in [0.3, 0.4) is 0 Å². The molecule has 0 atom stereocenters. The number of aromatic amines is 1. The number of β-amino-alcohol motifs (C(OH)–C–C–N with tert-alkyl or cyclic N) is 1. The molecule has 1 amide bonds. The highest BCUT2D eigenvalue weighted by Gasteiger charge is 2.54. The van der Waals surface area contributed by atoms with Gasteiger partial charge in [0.15, 0.2) is 0 Å². The van der Waals surface area contributed by atoms with Gasteiger partial charge in [-0.2, -0.15) is 4.98 Å². The van der Waals surface area contributed by atoms with Gasteiger partial charge in [0.1, 0.15) is 24.0 Å². The minimum absolute atomic E-state index is 0.00739. The normalized spacial score (nSPS) is 18.7. The maximum Gasteiger partial charge on any atom is 0.257 e. The van der Waals surface area contributed by atoms with Gasteiger partial charge in [-0.25, -0.2) is 4.39 Å². The van der Waals surface area contributed by atoms with Gasteiger partial charge >= 0.3 is 0 Å². The first-order valence-corrected chi connectivity index (χ1v) is 12.0. The van der Waals surface area contributed by atoms with Crippen LogP contribution < -0.4 is 25.0 Å². The molecule has 1 aromatic carbocycles. The Balaban J connectivity index is 1.46. The van der Waals surface area contributed by atoms with E-state index in [0.717, 1.165) is 13.0 Å². The summed E-state index contributed by atoms with van der Waals surface area (Å²) in [5.74, 6) is 0.586. The fourth-order valence-corrected chi connectivity index (χ4v) is 5.63. The Morgan fingerprint density at radius 1 is 1.17 bits per heavy atom. The predicted molar refractivity (Wildman–Crippen MR) is 128 cm³/mol. The Labute approximate surface area is 201 Å². The highest BCUT2D eigenvalue weighted by molar-refractivity contribution is 6.08. The molecule has 1 aromatic heterocycles. The smallest absolute Gasteiger partial charge is 0.257 e. The van der Waals surface area contributed by atoms with Crippen LogP contribution in [0.4, 0.5) is 21.8 Å². The minimum Gasteiger partial charge on any atom is -0.491 e. The lowest BCUT2D eigenvalue weighted by Crippen LogP contribution is -2.50. The van der Waals surface area contributed by atoms with Gasteiger partial charge in [0, 0.05) is 50.9 Å². The molecule has 10 nitrogen and oxygen atoms in total. The SMILES string of the molecule is CN1CCCc2c1nc(N1CCC3(CC1)C(=O)N(CCO)c1cc(OCCO)cc(F)c13)[nH]c2=O. The number of aromatic nitrogens is 2. The predicted octanol–water partition coefficient (Wildman–Crippen LogP) is 0.540. The molecule has 3 N–H and O–H groups in total. The molecule has 0 aliphatic carbocycles. The van der Waals surface area contributed by atoms with Crippen LogP contribution in [0.5, 0.6) is 5.75 Å².